The first kappa shape index (κ1) is 14.8. The molecule has 1 heterocycles. The van der Waals surface area contributed by atoms with Crippen LogP contribution in [0.3, 0.4) is 0 Å². The van der Waals surface area contributed by atoms with E-state index in [4.69, 9.17) is 15.7 Å². The fraction of sp³-hybridized carbons (Fsp3) is 0.533. The minimum absolute atomic E-state index is 0.118. The largest absolute Gasteiger partial charge is 0.409 e. The number of rotatable bonds is 6. The summed E-state index contributed by atoms with van der Waals surface area (Å²) in [7, 11) is 0. The number of ether oxygens (including phenoxy) is 1. The van der Waals surface area contributed by atoms with Crippen LogP contribution in [0.5, 0.6) is 0 Å². The lowest BCUT2D eigenvalue weighted by atomic mass is 9.97. The summed E-state index contributed by atoms with van der Waals surface area (Å²) in [6.07, 6.45) is 1.67. The average Bonchev–Trinajstić information content (AvgIpc) is 2.51. The van der Waals surface area contributed by atoms with E-state index in [0.29, 0.717) is 6.42 Å². The summed E-state index contributed by atoms with van der Waals surface area (Å²) < 4.78 is 5.92. The van der Waals surface area contributed by atoms with Crippen LogP contribution in [0, 0.1) is 0 Å². The van der Waals surface area contributed by atoms with Crippen molar-refractivity contribution < 1.29 is 9.94 Å². The van der Waals surface area contributed by atoms with Crippen LogP contribution in [0.25, 0.3) is 0 Å². The Bertz CT molecular complexity index is 462. The van der Waals surface area contributed by atoms with Gasteiger partial charge < -0.3 is 20.6 Å². The fourth-order valence-electron chi connectivity index (χ4n) is 2.56. The number of benzene rings is 1. The zero-order valence-corrected chi connectivity index (χ0v) is 12.0. The molecule has 1 atom stereocenters. The van der Waals surface area contributed by atoms with Crippen molar-refractivity contribution in [1.82, 2.24) is 4.90 Å². The molecule has 0 saturated carbocycles. The number of hydrogen-bond donors (Lipinski definition) is 2. The highest BCUT2D eigenvalue weighted by molar-refractivity contribution is 5.79. The normalized spacial score (nSPS) is 19.1. The number of nitrogens with zero attached hydrogens (tertiary/aromatic N) is 2. The van der Waals surface area contributed by atoms with Crippen LogP contribution in [-0.4, -0.2) is 42.2 Å². The molecule has 0 bridgehead atoms. The van der Waals surface area contributed by atoms with E-state index in [1.165, 1.54) is 11.1 Å². The number of oxime groups is 1. The summed E-state index contributed by atoms with van der Waals surface area (Å²) >= 11 is 0. The van der Waals surface area contributed by atoms with Gasteiger partial charge in [-0.25, -0.2) is 0 Å². The van der Waals surface area contributed by atoms with E-state index < -0.39 is 0 Å². The van der Waals surface area contributed by atoms with E-state index in [1.807, 2.05) is 0 Å². The number of amidine groups is 1. The van der Waals surface area contributed by atoms with Crippen LogP contribution in [0.15, 0.2) is 29.4 Å². The van der Waals surface area contributed by atoms with Crippen molar-refractivity contribution >= 4 is 5.84 Å². The topological polar surface area (TPSA) is 71.1 Å². The molecule has 0 aromatic heterocycles. The molecule has 1 aromatic rings. The number of nitrogens with two attached hydrogens (primary N) is 1. The summed E-state index contributed by atoms with van der Waals surface area (Å²) in [6.45, 7) is 5.42. The molecule has 0 fully saturated rings. The maximum absolute atomic E-state index is 8.59. The summed E-state index contributed by atoms with van der Waals surface area (Å²) in [5, 5.41) is 11.6. The Balaban J connectivity index is 1.98. The second-order valence-corrected chi connectivity index (χ2v) is 5.04. The zero-order valence-electron chi connectivity index (χ0n) is 12.0. The summed E-state index contributed by atoms with van der Waals surface area (Å²) in [5.41, 5.74) is 8.21. The third-order valence-electron chi connectivity index (χ3n) is 3.78. The monoisotopic (exact) mass is 277 g/mol. The first-order valence-corrected chi connectivity index (χ1v) is 7.12. The van der Waals surface area contributed by atoms with Crippen LogP contribution in [0.4, 0.5) is 0 Å². The van der Waals surface area contributed by atoms with Gasteiger partial charge in [0.2, 0.25) is 0 Å². The van der Waals surface area contributed by atoms with Crippen LogP contribution in [0.2, 0.25) is 0 Å². The van der Waals surface area contributed by atoms with Gasteiger partial charge in [-0.3, -0.25) is 0 Å². The Hall–Kier alpha value is -1.59. The molecule has 1 unspecified atom stereocenters. The molecular formula is C15H23N3O2. The van der Waals surface area contributed by atoms with Gasteiger partial charge in [-0.15, -0.1) is 0 Å². The van der Waals surface area contributed by atoms with E-state index in [2.05, 4.69) is 41.2 Å². The summed E-state index contributed by atoms with van der Waals surface area (Å²) in [5.74, 6) is 0.272. The molecule has 0 aliphatic carbocycles. The molecule has 1 aliphatic rings. The summed E-state index contributed by atoms with van der Waals surface area (Å²) in [4.78, 5) is 2.27. The molecule has 2 rings (SSSR count). The van der Waals surface area contributed by atoms with E-state index in [1.54, 1.807) is 0 Å². The van der Waals surface area contributed by atoms with E-state index in [9.17, 15) is 0 Å². The molecule has 0 radical (unpaired) electrons. The van der Waals surface area contributed by atoms with Crippen LogP contribution < -0.4 is 5.73 Å². The molecule has 0 saturated heterocycles. The molecule has 0 spiro atoms. The Morgan fingerprint density at radius 3 is 3.05 bits per heavy atom. The quantitative estimate of drug-likeness (QED) is 0.360. The molecule has 1 aromatic carbocycles. The molecule has 3 N–H and O–H groups in total. The van der Waals surface area contributed by atoms with Gasteiger partial charge in [0.25, 0.3) is 0 Å². The number of fused-ring (bicyclic) bond motifs is 1. The van der Waals surface area contributed by atoms with E-state index in [0.717, 1.165) is 32.7 Å². The van der Waals surface area contributed by atoms with Crippen molar-refractivity contribution in [3.8, 4) is 0 Å². The Labute approximate surface area is 120 Å². The summed E-state index contributed by atoms with van der Waals surface area (Å²) in [6, 6.07) is 8.47. The van der Waals surface area contributed by atoms with Crippen LogP contribution in [0.1, 0.15) is 30.6 Å². The smallest absolute Gasteiger partial charge is 0.140 e. The fourth-order valence-corrected chi connectivity index (χ4v) is 2.56. The lowest BCUT2D eigenvalue weighted by Gasteiger charge is -2.31. The Morgan fingerprint density at radius 2 is 2.30 bits per heavy atom. The van der Waals surface area contributed by atoms with Crippen molar-refractivity contribution in [1.29, 1.82) is 0 Å². The van der Waals surface area contributed by atoms with Gasteiger partial charge in [0.05, 0.1) is 12.7 Å². The number of likely N-dealkylation sites (N-methyl/N-ethyl adjacent to an activating group) is 1. The molecule has 1 aliphatic heterocycles. The van der Waals surface area contributed by atoms with Crippen LogP contribution >= 0.6 is 0 Å². The van der Waals surface area contributed by atoms with Crippen molar-refractivity contribution in [3.63, 3.8) is 0 Å². The predicted octanol–water partition coefficient (Wildman–Crippen LogP) is 1.76. The Kier molecular flexibility index (Phi) is 5.38. The molecule has 5 nitrogen and oxygen atoms in total. The first-order valence-electron chi connectivity index (χ1n) is 7.12. The first-order chi connectivity index (χ1) is 9.74. The lowest BCUT2D eigenvalue weighted by Crippen LogP contribution is -2.34. The molecular weight excluding hydrogens is 254 g/mol. The average molecular weight is 277 g/mol. The van der Waals surface area contributed by atoms with Gasteiger partial charge in [0.15, 0.2) is 0 Å². The second kappa shape index (κ2) is 7.26. The second-order valence-electron chi connectivity index (χ2n) is 5.04. The SMILES string of the molecule is CCN(CCC(N)=NO)CC1OCCc2ccccc21. The third kappa shape index (κ3) is 3.71. The van der Waals surface area contributed by atoms with Gasteiger partial charge >= 0.3 is 0 Å². The maximum Gasteiger partial charge on any atom is 0.140 e. The van der Waals surface area contributed by atoms with Gasteiger partial charge in [0.1, 0.15) is 5.84 Å². The van der Waals surface area contributed by atoms with Gasteiger partial charge in [-0.1, -0.05) is 36.3 Å². The lowest BCUT2D eigenvalue weighted by molar-refractivity contribution is 0.0174. The standard InChI is InChI=1S/C15H23N3O2/c1-2-18(9-7-15(16)17-19)11-14-13-6-4-3-5-12(13)8-10-20-14/h3-6,14,19H,2,7-11H2,1H3,(H2,16,17). The number of hydrogen-bond acceptors (Lipinski definition) is 4. The van der Waals surface area contributed by atoms with Crippen molar-refractivity contribution in [2.45, 2.75) is 25.9 Å². The minimum Gasteiger partial charge on any atom is -0.409 e. The van der Waals surface area contributed by atoms with E-state index >= 15 is 0 Å². The van der Waals surface area contributed by atoms with Gasteiger partial charge in [0, 0.05) is 19.5 Å². The highest BCUT2D eigenvalue weighted by Gasteiger charge is 2.22. The zero-order chi connectivity index (χ0) is 14.4. The predicted molar refractivity (Wildman–Crippen MR) is 79.0 cm³/mol. The van der Waals surface area contributed by atoms with E-state index in [-0.39, 0.29) is 11.9 Å². The molecule has 5 heteroatoms. The molecule has 20 heavy (non-hydrogen) atoms. The third-order valence-corrected chi connectivity index (χ3v) is 3.78. The Morgan fingerprint density at radius 1 is 1.50 bits per heavy atom. The highest BCUT2D eigenvalue weighted by atomic mass is 16.5. The van der Waals surface area contributed by atoms with Crippen LogP contribution in [-0.2, 0) is 11.2 Å². The van der Waals surface area contributed by atoms with Crippen molar-refractivity contribution in [2.24, 2.45) is 10.9 Å². The molecule has 110 valence electrons. The van der Waals surface area contributed by atoms with Gasteiger partial charge in [-0.05, 0) is 24.1 Å². The highest BCUT2D eigenvalue weighted by Crippen LogP contribution is 2.27. The van der Waals surface area contributed by atoms with Gasteiger partial charge in [-0.2, -0.15) is 0 Å². The maximum atomic E-state index is 8.59. The minimum atomic E-state index is 0.118. The van der Waals surface area contributed by atoms with Crippen molar-refractivity contribution in [2.75, 3.05) is 26.2 Å². The van der Waals surface area contributed by atoms with Crippen molar-refractivity contribution in [3.05, 3.63) is 35.4 Å². The molecule has 0 amide bonds.